The highest BCUT2D eigenvalue weighted by atomic mass is 19.4. The quantitative estimate of drug-likeness (QED) is 0.267. The number of anilines is 4. The molecule has 1 aliphatic rings. The van der Waals surface area contributed by atoms with Gasteiger partial charge in [-0.25, -0.2) is 9.97 Å². The molecule has 12 heteroatoms. The van der Waals surface area contributed by atoms with Gasteiger partial charge in [0.1, 0.15) is 11.6 Å². The van der Waals surface area contributed by atoms with Crippen molar-refractivity contribution in [1.82, 2.24) is 15.0 Å². The van der Waals surface area contributed by atoms with E-state index in [2.05, 4.69) is 25.6 Å². The lowest BCUT2D eigenvalue weighted by Crippen LogP contribution is -2.25. The van der Waals surface area contributed by atoms with Crippen LogP contribution in [0.15, 0.2) is 42.6 Å². The van der Waals surface area contributed by atoms with Gasteiger partial charge in [-0.05, 0) is 62.1 Å². The minimum Gasteiger partial charge on any atom is -0.359 e. The summed E-state index contributed by atoms with van der Waals surface area (Å²) in [5.41, 5.74) is 0.0600. The van der Waals surface area contributed by atoms with Crippen LogP contribution in [0.1, 0.15) is 49.1 Å². The van der Waals surface area contributed by atoms with Gasteiger partial charge < -0.3 is 15.5 Å². The maximum Gasteiger partial charge on any atom is 0.419 e. The predicted octanol–water partition coefficient (Wildman–Crippen LogP) is 7.49. The van der Waals surface area contributed by atoms with E-state index in [0.717, 1.165) is 31.0 Å². The first-order valence-electron chi connectivity index (χ1n) is 12.7. The summed E-state index contributed by atoms with van der Waals surface area (Å²) in [6, 6.07) is 6.81. The number of hydrogen-bond donors (Lipinski definition) is 2. The number of benzene rings is 1. The third-order valence-electron chi connectivity index (χ3n) is 6.11. The number of rotatable bonds is 9. The molecule has 1 aliphatic carbocycles. The number of hydrogen-bond acceptors (Lipinski definition) is 6. The number of nitrogens with one attached hydrogen (secondary N) is 2. The Bertz CT molecular complexity index is 1220. The van der Waals surface area contributed by atoms with Crippen molar-refractivity contribution in [3.8, 4) is 0 Å². The summed E-state index contributed by atoms with van der Waals surface area (Å²) in [5, 5.41) is 6.24. The molecule has 6 nitrogen and oxygen atoms in total. The van der Waals surface area contributed by atoms with Crippen molar-refractivity contribution in [2.45, 2.75) is 52.4 Å². The van der Waals surface area contributed by atoms with Crippen LogP contribution in [-0.2, 0) is 18.8 Å². The average molecular weight is 555 g/mol. The summed E-state index contributed by atoms with van der Waals surface area (Å²) in [7, 11) is 1.53. The Balaban J connectivity index is 0.00000205. The first-order valence-corrected chi connectivity index (χ1v) is 12.7. The summed E-state index contributed by atoms with van der Waals surface area (Å²) in [5.74, 6) is 1.10. The molecule has 1 aromatic carbocycles. The topological polar surface area (TPSA) is 66.0 Å². The predicted molar refractivity (Wildman–Crippen MR) is 140 cm³/mol. The molecule has 4 rings (SSSR count). The van der Waals surface area contributed by atoms with Crippen LogP contribution in [0.3, 0.4) is 0 Å². The molecular weight excluding hydrogens is 522 g/mol. The van der Waals surface area contributed by atoms with Gasteiger partial charge in [-0.2, -0.15) is 31.3 Å². The minimum atomic E-state index is -4.54. The van der Waals surface area contributed by atoms with Gasteiger partial charge in [-0.3, -0.25) is 0 Å². The summed E-state index contributed by atoms with van der Waals surface area (Å²) >= 11 is 0. The van der Waals surface area contributed by atoms with Crippen molar-refractivity contribution in [3.63, 3.8) is 0 Å². The Kier molecular flexibility index (Phi) is 9.63. The van der Waals surface area contributed by atoms with Crippen LogP contribution in [0.2, 0.25) is 0 Å². The monoisotopic (exact) mass is 554 g/mol. The van der Waals surface area contributed by atoms with Crippen LogP contribution in [0.4, 0.5) is 49.6 Å². The van der Waals surface area contributed by atoms with Gasteiger partial charge in [0.2, 0.25) is 5.95 Å². The van der Waals surface area contributed by atoms with Gasteiger partial charge in [0.25, 0.3) is 0 Å². The number of pyridine rings is 1. The van der Waals surface area contributed by atoms with Gasteiger partial charge >= 0.3 is 12.4 Å². The molecule has 0 atom stereocenters. The van der Waals surface area contributed by atoms with Crippen molar-refractivity contribution < 1.29 is 26.3 Å². The molecule has 0 amide bonds. The first kappa shape index (κ1) is 30.0. The van der Waals surface area contributed by atoms with E-state index < -0.39 is 23.5 Å². The smallest absolute Gasteiger partial charge is 0.359 e. The molecule has 2 heterocycles. The Labute approximate surface area is 223 Å². The summed E-state index contributed by atoms with van der Waals surface area (Å²) < 4.78 is 79.0. The second-order valence-corrected chi connectivity index (χ2v) is 9.04. The normalized spacial score (nSPS) is 13.4. The van der Waals surface area contributed by atoms with E-state index in [0.29, 0.717) is 47.6 Å². The summed E-state index contributed by atoms with van der Waals surface area (Å²) in [4.78, 5) is 14.4. The van der Waals surface area contributed by atoms with Gasteiger partial charge in [-0.1, -0.05) is 13.8 Å². The number of likely N-dealkylation sites (N-methyl/N-ethyl adjacent to an activating group) is 1. The lowest BCUT2D eigenvalue weighted by molar-refractivity contribution is -0.138. The lowest BCUT2D eigenvalue weighted by Gasteiger charge is -2.22. The molecular formula is C27H32F6N6. The van der Waals surface area contributed by atoms with Crippen molar-refractivity contribution in [3.05, 3.63) is 65.0 Å². The Hall–Kier alpha value is -3.57. The highest BCUT2D eigenvalue weighted by molar-refractivity contribution is 5.62. The molecule has 0 radical (unpaired) electrons. The highest BCUT2D eigenvalue weighted by Gasteiger charge is 2.35. The van der Waals surface area contributed by atoms with Crippen LogP contribution in [0, 0.1) is 12.8 Å². The van der Waals surface area contributed by atoms with E-state index >= 15 is 0 Å². The minimum absolute atomic E-state index is 0.183. The Morgan fingerprint density at radius 3 is 2.21 bits per heavy atom. The third-order valence-corrected chi connectivity index (χ3v) is 6.11. The van der Waals surface area contributed by atoms with Crippen molar-refractivity contribution in [2.24, 2.45) is 5.92 Å². The second kappa shape index (κ2) is 12.5. The van der Waals surface area contributed by atoms with Crippen LogP contribution in [-0.4, -0.2) is 35.1 Å². The summed E-state index contributed by atoms with van der Waals surface area (Å²) in [6.07, 6.45) is -5.16. The molecule has 0 unspecified atom stereocenters. The molecule has 2 N–H and O–H groups in total. The Morgan fingerprint density at radius 1 is 0.949 bits per heavy atom. The van der Waals surface area contributed by atoms with Crippen LogP contribution >= 0.6 is 0 Å². The fraction of sp³-hybridized carbons (Fsp3) is 0.444. The number of halogens is 6. The average Bonchev–Trinajstić information content (AvgIpc) is 3.73. The largest absolute Gasteiger partial charge is 0.419 e. The maximum atomic E-state index is 13.4. The zero-order valence-electron chi connectivity index (χ0n) is 22.2. The third kappa shape index (κ3) is 8.21. The molecule has 0 aliphatic heterocycles. The Morgan fingerprint density at radius 2 is 1.62 bits per heavy atom. The first-order chi connectivity index (χ1) is 18.4. The van der Waals surface area contributed by atoms with Gasteiger partial charge in [0.15, 0.2) is 0 Å². The molecule has 212 valence electrons. The number of aromatic nitrogens is 3. The molecule has 1 saturated carbocycles. The van der Waals surface area contributed by atoms with Crippen LogP contribution < -0.4 is 15.5 Å². The van der Waals surface area contributed by atoms with Crippen LogP contribution in [0.25, 0.3) is 0 Å². The maximum absolute atomic E-state index is 13.4. The van der Waals surface area contributed by atoms with E-state index in [1.54, 1.807) is 6.92 Å². The fourth-order valence-corrected chi connectivity index (χ4v) is 3.75. The van der Waals surface area contributed by atoms with Crippen molar-refractivity contribution in [1.29, 1.82) is 0 Å². The number of nitrogens with zero attached hydrogens (tertiary/aromatic N) is 4. The molecule has 0 saturated heterocycles. The van der Waals surface area contributed by atoms with Gasteiger partial charge in [-0.15, -0.1) is 0 Å². The molecule has 39 heavy (non-hydrogen) atoms. The second-order valence-electron chi connectivity index (χ2n) is 9.04. The molecule has 2 aromatic heterocycles. The molecule has 0 spiro atoms. The molecule has 0 bridgehead atoms. The zero-order valence-corrected chi connectivity index (χ0v) is 22.2. The van der Waals surface area contributed by atoms with E-state index in [9.17, 15) is 26.3 Å². The standard InChI is InChI=1S/C25H26F6N6.C2H6/c1-15-20(11-13-37(2)22-19(25(29,30)31)4-3-12-32-22)35-23(33-14-16-5-6-16)36-21(15)34-18-9-7-17(8-10-18)24(26,27)28;1-2/h3-4,7-10,12,16H,5-6,11,13-14H2,1-2H3,(H2,33,34,35,36);1-2H3. The van der Waals surface area contributed by atoms with E-state index in [-0.39, 0.29) is 12.4 Å². The SMILES string of the molecule is CC.Cc1c(CCN(C)c2ncccc2C(F)(F)F)nc(NCC2CC2)nc1Nc1ccc(C(F)(F)F)cc1. The fourth-order valence-electron chi connectivity index (χ4n) is 3.75. The van der Waals surface area contributed by atoms with Crippen molar-refractivity contribution in [2.75, 3.05) is 35.7 Å². The zero-order chi connectivity index (χ0) is 28.8. The van der Waals surface area contributed by atoms with Crippen molar-refractivity contribution >= 4 is 23.3 Å². The van der Waals surface area contributed by atoms with Gasteiger partial charge in [0, 0.05) is 44.0 Å². The lowest BCUT2D eigenvalue weighted by atomic mass is 10.1. The van der Waals surface area contributed by atoms with E-state index in [1.165, 1.54) is 36.3 Å². The van der Waals surface area contributed by atoms with E-state index in [4.69, 9.17) is 0 Å². The number of alkyl halides is 6. The van der Waals surface area contributed by atoms with E-state index in [1.807, 2.05) is 13.8 Å². The molecule has 1 fully saturated rings. The van der Waals surface area contributed by atoms with Crippen LogP contribution in [0.5, 0.6) is 0 Å². The van der Waals surface area contributed by atoms with Gasteiger partial charge in [0.05, 0.1) is 16.8 Å². The summed E-state index contributed by atoms with van der Waals surface area (Å²) in [6.45, 7) is 6.64. The molecule has 3 aromatic rings. The highest BCUT2D eigenvalue weighted by Crippen LogP contribution is 2.35.